The second-order valence-corrected chi connectivity index (χ2v) is 5.23. The Morgan fingerprint density at radius 2 is 2.31 bits per heavy atom. The molecule has 0 heterocycles. The molecule has 2 N–H and O–H groups in total. The number of hydrogen-bond acceptors (Lipinski definition) is 3. The van der Waals surface area contributed by atoms with Gasteiger partial charge in [0.2, 0.25) is 0 Å². The Kier molecular flexibility index (Phi) is 6.39. The van der Waals surface area contributed by atoms with Gasteiger partial charge in [-0.3, -0.25) is 0 Å². The third-order valence-electron chi connectivity index (χ3n) is 1.97. The summed E-state index contributed by atoms with van der Waals surface area (Å²) in [5.41, 5.74) is 0.899. The zero-order valence-corrected chi connectivity index (χ0v) is 11.3. The van der Waals surface area contributed by atoms with Crippen molar-refractivity contribution < 1.29 is 5.11 Å². The molecular formula is C12H14BrNOS. The highest BCUT2D eigenvalue weighted by molar-refractivity contribution is 9.10. The van der Waals surface area contributed by atoms with Gasteiger partial charge in [0.1, 0.15) is 5.75 Å². The smallest absolute Gasteiger partial charge is 0.120 e. The summed E-state index contributed by atoms with van der Waals surface area (Å²) in [4.78, 5) is 0. The van der Waals surface area contributed by atoms with Gasteiger partial charge in [-0.15, -0.1) is 18.2 Å². The van der Waals surface area contributed by atoms with Crippen LogP contribution in [0.1, 0.15) is 5.56 Å². The van der Waals surface area contributed by atoms with Crippen LogP contribution in [0.5, 0.6) is 5.75 Å². The van der Waals surface area contributed by atoms with Gasteiger partial charge in [0, 0.05) is 28.9 Å². The lowest BCUT2D eigenvalue weighted by Gasteiger charge is -2.06. The van der Waals surface area contributed by atoms with Crippen molar-refractivity contribution in [1.82, 2.24) is 5.32 Å². The Hall–Kier alpha value is -0.630. The number of terminal acetylenes is 1. The molecule has 0 amide bonds. The SMILES string of the molecule is C#CCSCCNCc1cc(Br)ccc1O. The Balaban J connectivity index is 2.27. The van der Waals surface area contributed by atoms with Crippen molar-refractivity contribution >= 4 is 27.7 Å². The molecule has 1 aromatic rings. The molecule has 0 aliphatic heterocycles. The first-order chi connectivity index (χ1) is 7.74. The third-order valence-corrected chi connectivity index (χ3v) is 3.32. The molecule has 1 rings (SSSR count). The Labute approximate surface area is 109 Å². The van der Waals surface area contributed by atoms with Crippen LogP contribution in [0.15, 0.2) is 22.7 Å². The maximum absolute atomic E-state index is 9.58. The quantitative estimate of drug-likeness (QED) is 0.626. The average Bonchev–Trinajstić information content (AvgIpc) is 2.28. The van der Waals surface area contributed by atoms with Gasteiger partial charge in [-0.2, -0.15) is 0 Å². The second kappa shape index (κ2) is 7.61. The summed E-state index contributed by atoms with van der Waals surface area (Å²) >= 11 is 5.10. The summed E-state index contributed by atoms with van der Waals surface area (Å²) in [6, 6.07) is 5.42. The molecule has 0 aliphatic rings. The number of halogens is 1. The molecule has 0 radical (unpaired) electrons. The molecule has 1 aromatic carbocycles. The molecule has 16 heavy (non-hydrogen) atoms. The van der Waals surface area contributed by atoms with Gasteiger partial charge in [0.25, 0.3) is 0 Å². The van der Waals surface area contributed by atoms with Gasteiger partial charge >= 0.3 is 0 Å². The number of aromatic hydroxyl groups is 1. The van der Waals surface area contributed by atoms with Gasteiger partial charge in [-0.05, 0) is 18.2 Å². The summed E-state index contributed by atoms with van der Waals surface area (Å²) in [5, 5.41) is 12.8. The number of phenolic OH excluding ortho intramolecular Hbond substituents is 1. The largest absolute Gasteiger partial charge is 0.508 e. The minimum atomic E-state index is 0.326. The Morgan fingerprint density at radius 3 is 3.06 bits per heavy atom. The average molecular weight is 300 g/mol. The highest BCUT2D eigenvalue weighted by Gasteiger charge is 2.00. The van der Waals surface area contributed by atoms with E-state index in [1.54, 1.807) is 17.8 Å². The van der Waals surface area contributed by atoms with Crippen LogP contribution in [-0.4, -0.2) is 23.2 Å². The topological polar surface area (TPSA) is 32.3 Å². The lowest BCUT2D eigenvalue weighted by atomic mass is 10.2. The fourth-order valence-corrected chi connectivity index (χ4v) is 2.15. The molecule has 0 unspecified atom stereocenters. The molecule has 4 heteroatoms. The van der Waals surface area contributed by atoms with Crippen LogP contribution in [0.4, 0.5) is 0 Å². The maximum atomic E-state index is 9.58. The van der Waals surface area contributed by atoms with Gasteiger partial charge in [0.15, 0.2) is 0 Å². The first-order valence-electron chi connectivity index (χ1n) is 4.93. The Bertz CT molecular complexity index is 376. The van der Waals surface area contributed by atoms with Crippen molar-refractivity contribution in [3.63, 3.8) is 0 Å². The van der Waals surface area contributed by atoms with Crippen LogP contribution in [0, 0.1) is 12.3 Å². The second-order valence-electron chi connectivity index (χ2n) is 3.21. The summed E-state index contributed by atoms with van der Waals surface area (Å²) in [5.74, 6) is 4.65. The minimum absolute atomic E-state index is 0.326. The standard InChI is InChI=1S/C12H14BrNOS/c1-2-6-16-7-5-14-9-10-8-11(13)3-4-12(10)15/h1,3-4,8,14-15H,5-7,9H2. The lowest BCUT2D eigenvalue weighted by Crippen LogP contribution is -2.16. The van der Waals surface area contributed by atoms with Crippen LogP contribution in [0.3, 0.4) is 0 Å². The molecule has 86 valence electrons. The van der Waals surface area contributed by atoms with Crippen molar-refractivity contribution in [2.24, 2.45) is 0 Å². The van der Waals surface area contributed by atoms with E-state index in [2.05, 4.69) is 27.2 Å². The molecule has 0 atom stereocenters. The van der Waals surface area contributed by atoms with E-state index in [4.69, 9.17) is 6.42 Å². The summed E-state index contributed by atoms with van der Waals surface area (Å²) in [6.07, 6.45) is 5.14. The Morgan fingerprint density at radius 1 is 1.50 bits per heavy atom. The molecule has 0 aromatic heterocycles. The highest BCUT2D eigenvalue weighted by atomic mass is 79.9. The summed E-state index contributed by atoms with van der Waals surface area (Å²) < 4.78 is 0.976. The molecule has 0 bridgehead atoms. The zero-order chi connectivity index (χ0) is 11.8. The lowest BCUT2D eigenvalue weighted by molar-refractivity contribution is 0.465. The predicted octanol–water partition coefficient (Wildman–Crippen LogP) is 2.61. The molecular weight excluding hydrogens is 286 g/mol. The van der Waals surface area contributed by atoms with Crippen molar-refractivity contribution in [3.05, 3.63) is 28.2 Å². The number of rotatable bonds is 6. The van der Waals surface area contributed by atoms with Gasteiger partial charge < -0.3 is 10.4 Å². The van der Waals surface area contributed by atoms with Crippen molar-refractivity contribution in [2.75, 3.05) is 18.1 Å². The van der Waals surface area contributed by atoms with E-state index in [1.165, 1.54) is 0 Å². The fourth-order valence-electron chi connectivity index (χ4n) is 1.19. The van der Waals surface area contributed by atoms with Gasteiger partial charge in [-0.1, -0.05) is 21.9 Å². The van der Waals surface area contributed by atoms with E-state index >= 15 is 0 Å². The van der Waals surface area contributed by atoms with E-state index in [-0.39, 0.29) is 0 Å². The highest BCUT2D eigenvalue weighted by Crippen LogP contribution is 2.21. The van der Waals surface area contributed by atoms with Crippen LogP contribution in [0.2, 0.25) is 0 Å². The minimum Gasteiger partial charge on any atom is -0.508 e. The van der Waals surface area contributed by atoms with E-state index in [9.17, 15) is 5.11 Å². The van der Waals surface area contributed by atoms with Crippen molar-refractivity contribution in [2.45, 2.75) is 6.54 Å². The number of phenols is 1. The van der Waals surface area contributed by atoms with E-state index in [1.807, 2.05) is 12.1 Å². The van der Waals surface area contributed by atoms with Gasteiger partial charge in [0.05, 0.1) is 5.75 Å². The van der Waals surface area contributed by atoms with Crippen molar-refractivity contribution in [3.8, 4) is 18.1 Å². The van der Waals surface area contributed by atoms with Gasteiger partial charge in [-0.25, -0.2) is 0 Å². The van der Waals surface area contributed by atoms with Crippen LogP contribution in [-0.2, 0) is 6.54 Å². The first kappa shape index (κ1) is 13.4. The summed E-state index contributed by atoms with van der Waals surface area (Å²) in [6.45, 7) is 1.56. The maximum Gasteiger partial charge on any atom is 0.120 e. The molecule has 0 saturated heterocycles. The summed E-state index contributed by atoms with van der Waals surface area (Å²) in [7, 11) is 0. The van der Waals surface area contributed by atoms with E-state index < -0.39 is 0 Å². The number of hydrogen-bond donors (Lipinski definition) is 2. The van der Waals surface area contributed by atoms with Crippen LogP contribution < -0.4 is 5.32 Å². The third kappa shape index (κ3) is 4.93. The fraction of sp³-hybridized carbons (Fsp3) is 0.333. The van der Waals surface area contributed by atoms with Crippen LogP contribution in [0.25, 0.3) is 0 Å². The molecule has 2 nitrogen and oxygen atoms in total. The molecule has 0 fully saturated rings. The number of thioether (sulfide) groups is 1. The zero-order valence-electron chi connectivity index (χ0n) is 8.87. The normalized spacial score (nSPS) is 10.0. The van der Waals surface area contributed by atoms with E-state index in [0.717, 1.165) is 28.1 Å². The van der Waals surface area contributed by atoms with E-state index in [0.29, 0.717) is 12.3 Å². The first-order valence-corrected chi connectivity index (χ1v) is 6.88. The number of benzene rings is 1. The van der Waals surface area contributed by atoms with Crippen LogP contribution >= 0.6 is 27.7 Å². The monoisotopic (exact) mass is 299 g/mol. The van der Waals surface area contributed by atoms with Crippen molar-refractivity contribution in [1.29, 1.82) is 0 Å². The predicted molar refractivity (Wildman–Crippen MR) is 73.7 cm³/mol. The molecule has 0 spiro atoms. The molecule has 0 saturated carbocycles. The number of nitrogens with one attached hydrogen (secondary N) is 1. The molecule has 0 aliphatic carbocycles.